The lowest BCUT2D eigenvalue weighted by Crippen LogP contribution is -2.37. The van der Waals surface area contributed by atoms with Gasteiger partial charge >= 0.3 is 12.0 Å². The lowest BCUT2D eigenvalue weighted by Gasteiger charge is -2.14. The number of carbonyl (C=O) groups is 2. The van der Waals surface area contributed by atoms with Crippen LogP contribution in [0.3, 0.4) is 0 Å². The van der Waals surface area contributed by atoms with Crippen LogP contribution in [0, 0.1) is 0 Å². The first kappa shape index (κ1) is 13.0. The summed E-state index contributed by atoms with van der Waals surface area (Å²) in [4.78, 5) is 23.0. The largest absolute Gasteiger partial charge is 0.481 e. The predicted molar refractivity (Wildman–Crippen MR) is 74.8 cm³/mol. The molecule has 3 N–H and O–H groups in total. The number of aliphatic carboxylic acids is 1. The minimum Gasteiger partial charge on any atom is -0.481 e. The number of urea groups is 1. The van der Waals surface area contributed by atoms with E-state index < -0.39 is 11.4 Å². The van der Waals surface area contributed by atoms with Crippen molar-refractivity contribution in [2.75, 3.05) is 5.32 Å². The van der Waals surface area contributed by atoms with E-state index in [0.717, 1.165) is 18.4 Å². The van der Waals surface area contributed by atoms with E-state index in [0.29, 0.717) is 18.5 Å². The van der Waals surface area contributed by atoms with Crippen LogP contribution in [0.4, 0.5) is 10.5 Å². The molecule has 2 fully saturated rings. The molecule has 1 aromatic rings. The summed E-state index contributed by atoms with van der Waals surface area (Å²) < 4.78 is 0. The van der Waals surface area contributed by atoms with Gasteiger partial charge < -0.3 is 15.7 Å². The molecule has 106 valence electrons. The lowest BCUT2D eigenvalue weighted by molar-refractivity contribution is -0.140. The monoisotopic (exact) mass is 274 g/mol. The fraction of sp³-hybridized carbons (Fsp3) is 0.467. The highest BCUT2D eigenvalue weighted by Gasteiger charge is 2.51. The van der Waals surface area contributed by atoms with Crippen LogP contribution >= 0.6 is 0 Å². The summed E-state index contributed by atoms with van der Waals surface area (Å²) in [5.41, 5.74) is 0.745. The van der Waals surface area contributed by atoms with E-state index in [1.54, 1.807) is 24.3 Å². The van der Waals surface area contributed by atoms with Gasteiger partial charge in [-0.05, 0) is 50.3 Å². The van der Waals surface area contributed by atoms with E-state index in [1.807, 2.05) is 6.92 Å². The fourth-order valence-electron chi connectivity index (χ4n) is 2.37. The predicted octanol–water partition coefficient (Wildman–Crippen LogP) is 2.48. The zero-order valence-corrected chi connectivity index (χ0v) is 11.4. The second kappa shape index (κ2) is 4.23. The number of nitrogens with one attached hydrogen (secondary N) is 2. The highest BCUT2D eigenvalue weighted by atomic mass is 16.4. The SMILES string of the molecule is CC1(NC(=O)Nc2ccc(C3(C(=O)O)CC3)cc2)CC1. The third-order valence-corrected chi connectivity index (χ3v) is 4.27. The molecule has 5 nitrogen and oxygen atoms in total. The second-order valence-electron chi connectivity index (χ2n) is 6.10. The number of amides is 2. The van der Waals surface area contributed by atoms with Crippen LogP contribution in [0.2, 0.25) is 0 Å². The fourth-order valence-corrected chi connectivity index (χ4v) is 2.37. The third kappa shape index (κ3) is 2.35. The van der Waals surface area contributed by atoms with Crippen molar-refractivity contribution in [3.05, 3.63) is 29.8 Å². The quantitative estimate of drug-likeness (QED) is 0.789. The smallest absolute Gasteiger partial charge is 0.319 e. The van der Waals surface area contributed by atoms with Crippen LogP contribution in [0.5, 0.6) is 0 Å². The number of carboxylic acid groups (broad SMARTS) is 1. The molecule has 0 saturated heterocycles. The Morgan fingerprint density at radius 2 is 1.70 bits per heavy atom. The number of carbonyl (C=O) groups excluding carboxylic acids is 1. The maximum atomic E-state index is 11.8. The number of rotatable bonds is 4. The van der Waals surface area contributed by atoms with Gasteiger partial charge in [0.25, 0.3) is 0 Å². The third-order valence-electron chi connectivity index (χ3n) is 4.27. The number of anilines is 1. The first-order valence-corrected chi connectivity index (χ1v) is 6.87. The number of hydrogen-bond acceptors (Lipinski definition) is 2. The Bertz CT molecular complexity index is 557. The molecule has 2 aliphatic rings. The zero-order chi connectivity index (χ0) is 14.4. The maximum absolute atomic E-state index is 11.8. The average Bonchev–Trinajstić information content (AvgIpc) is 3.27. The van der Waals surface area contributed by atoms with Crippen LogP contribution in [-0.4, -0.2) is 22.6 Å². The molecule has 0 radical (unpaired) electrons. The van der Waals surface area contributed by atoms with Gasteiger partial charge in [-0.25, -0.2) is 4.79 Å². The molecule has 0 aromatic heterocycles. The molecule has 0 atom stereocenters. The highest BCUT2D eigenvalue weighted by molar-refractivity contribution is 5.90. The molecule has 0 unspecified atom stereocenters. The van der Waals surface area contributed by atoms with Crippen molar-refractivity contribution in [2.24, 2.45) is 0 Å². The van der Waals surface area contributed by atoms with Gasteiger partial charge in [-0.15, -0.1) is 0 Å². The molecule has 5 heteroatoms. The van der Waals surface area contributed by atoms with Crippen LogP contribution in [0.1, 0.15) is 38.2 Å². The molecular weight excluding hydrogens is 256 g/mol. The van der Waals surface area contributed by atoms with Crippen molar-refractivity contribution < 1.29 is 14.7 Å². The van der Waals surface area contributed by atoms with Crippen LogP contribution < -0.4 is 10.6 Å². The number of hydrogen-bond donors (Lipinski definition) is 3. The van der Waals surface area contributed by atoms with Crippen LogP contribution in [0.25, 0.3) is 0 Å². The summed E-state index contributed by atoms with van der Waals surface area (Å²) in [5.74, 6) is -0.766. The van der Waals surface area contributed by atoms with Gasteiger partial charge in [0.15, 0.2) is 0 Å². The van der Waals surface area contributed by atoms with Gasteiger partial charge in [0.2, 0.25) is 0 Å². The van der Waals surface area contributed by atoms with Crippen molar-refractivity contribution >= 4 is 17.7 Å². The Labute approximate surface area is 117 Å². The highest BCUT2D eigenvalue weighted by Crippen LogP contribution is 2.48. The minimum atomic E-state index is -0.766. The minimum absolute atomic E-state index is 0.0502. The molecule has 2 saturated carbocycles. The Morgan fingerprint density at radius 3 is 2.15 bits per heavy atom. The van der Waals surface area contributed by atoms with Gasteiger partial charge in [-0.2, -0.15) is 0 Å². The Morgan fingerprint density at radius 1 is 1.10 bits per heavy atom. The number of carboxylic acids is 1. The first-order chi connectivity index (χ1) is 9.43. The molecule has 2 aliphatic carbocycles. The Balaban J connectivity index is 1.64. The summed E-state index contributed by atoms with van der Waals surface area (Å²) in [6.45, 7) is 2.01. The normalized spacial score (nSPS) is 20.9. The molecule has 1 aromatic carbocycles. The van der Waals surface area contributed by atoms with Crippen molar-refractivity contribution in [3.8, 4) is 0 Å². The summed E-state index contributed by atoms with van der Waals surface area (Å²) in [5, 5.41) is 14.9. The summed E-state index contributed by atoms with van der Waals surface area (Å²) in [6.07, 6.45) is 3.41. The summed E-state index contributed by atoms with van der Waals surface area (Å²) >= 11 is 0. The van der Waals surface area contributed by atoms with Crippen LogP contribution in [-0.2, 0) is 10.2 Å². The van der Waals surface area contributed by atoms with E-state index in [9.17, 15) is 14.7 Å². The molecule has 0 aliphatic heterocycles. The van der Waals surface area contributed by atoms with Crippen molar-refractivity contribution in [3.63, 3.8) is 0 Å². The molecule has 0 bridgehead atoms. The Kier molecular flexibility index (Phi) is 2.74. The van der Waals surface area contributed by atoms with Crippen molar-refractivity contribution in [1.82, 2.24) is 5.32 Å². The van der Waals surface area contributed by atoms with E-state index in [1.165, 1.54) is 0 Å². The van der Waals surface area contributed by atoms with Gasteiger partial charge in [0.05, 0.1) is 5.41 Å². The molecular formula is C15H18N2O3. The molecule has 0 heterocycles. The van der Waals surface area contributed by atoms with E-state index in [4.69, 9.17) is 0 Å². The number of benzene rings is 1. The van der Waals surface area contributed by atoms with Gasteiger partial charge in [0, 0.05) is 11.2 Å². The second-order valence-corrected chi connectivity index (χ2v) is 6.10. The van der Waals surface area contributed by atoms with Gasteiger partial charge in [0.1, 0.15) is 0 Å². The maximum Gasteiger partial charge on any atom is 0.319 e. The summed E-state index contributed by atoms with van der Waals surface area (Å²) in [7, 11) is 0. The Hall–Kier alpha value is -2.04. The van der Waals surface area contributed by atoms with E-state index in [2.05, 4.69) is 10.6 Å². The molecule has 0 spiro atoms. The molecule has 20 heavy (non-hydrogen) atoms. The summed E-state index contributed by atoms with van der Waals surface area (Å²) in [6, 6.07) is 6.88. The van der Waals surface area contributed by atoms with Crippen LogP contribution in [0.15, 0.2) is 24.3 Å². The topological polar surface area (TPSA) is 78.4 Å². The van der Waals surface area contributed by atoms with Gasteiger partial charge in [-0.3, -0.25) is 4.79 Å². The first-order valence-electron chi connectivity index (χ1n) is 6.87. The lowest BCUT2D eigenvalue weighted by atomic mass is 9.96. The average molecular weight is 274 g/mol. The van der Waals surface area contributed by atoms with Gasteiger partial charge in [-0.1, -0.05) is 12.1 Å². The van der Waals surface area contributed by atoms with Crippen molar-refractivity contribution in [1.29, 1.82) is 0 Å². The van der Waals surface area contributed by atoms with Crippen molar-refractivity contribution in [2.45, 2.75) is 43.6 Å². The molecule has 3 rings (SSSR count). The zero-order valence-electron chi connectivity index (χ0n) is 11.4. The van der Waals surface area contributed by atoms with E-state index >= 15 is 0 Å². The standard InChI is InChI=1S/C15H18N2O3/c1-14(6-7-14)17-13(20)16-11-4-2-10(3-5-11)15(8-9-15)12(18)19/h2-5H,6-9H2,1H3,(H,18,19)(H2,16,17,20). The van der Waals surface area contributed by atoms with E-state index in [-0.39, 0.29) is 11.6 Å². The molecule has 2 amide bonds.